The number of aromatic nitrogens is 1. The maximum absolute atomic E-state index is 6.29. The number of halogens is 1. The molecular weight excluding hydrogens is 348 g/mol. The molecule has 3 N–H and O–H groups in total. The van der Waals surface area contributed by atoms with Crippen LogP contribution in [0.3, 0.4) is 0 Å². The Hall–Kier alpha value is -1.58. The average Bonchev–Trinajstić information content (AvgIpc) is 2.96. The van der Waals surface area contributed by atoms with E-state index in [4.69, 9.17) is 5.73 Å². The largest absolute Gasteiger partial charge is 0.357 e. The number of alkyl halides is 1. The summed E-state index contributed by atoms with van der Waals surface area (Å²) in [6, 6.07) is 17.7. The van der Waals surface area contributed by atoms with Crippen LogP contribution in [0.5, 0.6) is 0 Å². The van der Waals surface area contributed by atoms with E-state index in [2.05, 4.69) is 69.4 Å². The van der Waals surface area contributed by atoms with Crippen molar-refractivity contribution in [2.24, 2.45) is 5.73 Å². The molecule has 0 saturated heterocycles. The molecule has 118 valence electrons. The van der Waals surface area contributed by atoms with Gasteiger partial charge in [-0.2, -0.15) is 0 Å². The first-order valence-corrected chi connectivity index (χ1v) is 9.41. The highest BCUT2D eigenvalue weighted by Gasteiger charge is 2.22. The molecule has 23 heavy (non-hydrogen) atoms. The van der Waals surface area contributed by atoms with Gasteiger partial charge in [0.15, 0.2) is 0 Å². The minimum Gasteiger partial charge on any atom is -0.357 e. The summed E-state index contributed by atoms with van der Waals surface area (Å²) in [5.74, 6) is 0.378. The van der Waals surface area contributed by atoms with Gasteiger partial charge in [0.2, 0.25) is 0 Å². The lowest BCUT2D eigenvalue weighted by molar-refractivity contribution is 0.562. The van der Waals surface area contributed by atoms with Gasteiger partial charge in [-0.05, 0) is 48.1 Å². The number of aromatic amines is 1. The number of aryl methyl sites for hydroxylation is 1. The highest BCUT2D eigenvalue weighted by molar-refractivity contribution is 9.09. The smallest absolute Gasteiger partial charge is 0.0459 e. The fourth-order valence-corrected chi connectivity index (χ4v) is 4.54. The van der Waals surface area contributed by atoms with Crippen LogP contribution < -0.4 is 5.73 Å². The van der Waals surface area contributed by atoms with Crippen molar-refractivity contribution in [3.8, 4) is 0 Å². The monoisotopic (exact) mass is 368 g/mol. The molecule has 2 aromatic carbocycles. The van der Waals surface area contributed by atoms with E-state index in [0.29, 0.717) is 5.92 Å². The van der Waals surface area contributed by atoms with Gasteiger partial charge in [0, 0.05) is 33.9 Å². The van der Waals surface area contributed by atoms with Crippen molar-refractivity contribution in [2.45, 2.75) is 31.2 Å². The molecule has 0 saturated carbocycles. The molecule has 0 amide bonds. The van der Waals surface area contributed by atoms with Crippen molar-refractivity contribution in [1.82, 2.24) is 4.98 Å². The molecular formula is C20H21BrN2. The van der Waals surface area contributed by atoms with Crippen molar-refractivity contribution in [3.05, 3.63) is 70.9 Å². The van der Waals surface area contributed by atoms with Crippen LogP contribution in [0.4, 0.5) is 0 Å². The first-order chi connectivity index (χ1) is 11.3. The second-order valence-corrected chi connectivity index (χ2v) is 7.09. The number of nitrogens with one attached hydrogen (secondary N) is 1. The average molecular weight is 369 g/mol. The Morgan fingerprint density at radius 3 is 2.74 bits per heavy atom. The number of hydrogen-bond acceptors (Lipinski definition) is 1. The zero-order valence-corrected chi connectivity index (χ0v) is 14.6. The molecule has 4 rings (SSSR count). The van der Waals surface area contributed by atoms with E-state index < -0.39 is 0 Å². The lowest BCUT2D eigenvalue weighted by Gasteiger charge is -2.18. The van der Waals surface area contributed by atoms with Crippen LogP contribution in [-0.2, 0) is 6.42 Å². The van der Waals surface area contributed by atoms with Crippen LogP contribution in [0, 0.1) is 0 Å². The van der Waals surface area contributed by atoms with Gasteiger partial charge in [-0.1, -0.05) is 52.3 Å². The standard InChI is InChI=1S/C20H21BrN2/c21-12-17(13-5-2-1-3-6-13)14-9-10-19-16(11-14)15-7-4-8-18(22)20(15)23-19/h1-3,5-6,9-11,17-18,23H,4,7-8,12,22H2/t17-,18-/m1/s1. The summed E-state index contributed by atoms with van der Waals surface area (Å²) in [5.41, 5.74) is 12.9. The molecule has 3 aromatic rings. The third-order valence-electron chi connectivity index (χ3n) is 5.03. The van der Waals surface area contributed by atoms with Gasteiger partial charge < -0.3 is 10.7 Å². The van der Waals surface area contributed by atoms with Crippen LogP contribution >= 0.6 is 15.9 Å². The van der Waals surface area contributed by atoms with E-state index in [-0.39, 0.29) is 6.04 Å². The molecule has 1 aliphatic carbocycles. The van der Waals surface area contributed by atoms with Gasteiger partial charge in [0.1, 0.15) is 0 Å². The molecule has 2 nitrogen and oxygen atoms in total. The molecule has 0 spiro atoms. The summed E-state index contributed by atoms with van der Waals surface area (Å²) in [6.07, 6.45) is 3.41. The molecule has 3 heteroatoms. The third kappa shape index (κ3) is 2.62. The fraction of sp³-hybridized carbons (Fsp3) is 0.300. The van der Waals surface area contributed by atoms with Gasteiger partial charge in [-0.25, -0.2) is 0 Å². The minimum absolute atomic E-state index is 0.163. The summed E-state index contributed by atoms with van der Waals surface area (Å²) in [6.45, 7) is 0. The lowest BCUT2D eigenvalue weighted by atomic mass is 9.89. The molecule has 1 aliphatic rings. The Bertz CT molecular complexity index is 822. The van der Waals surface area contributed by atoms with E-state index in [1.165, 1.54) is 39.7 Å². The zero-order chi connectivity index (χ0) is 15.8. The summed E-state index contributed by atoms with van der Waals surface area (Å²) < 4.78 is 0. The van der Waals surface area contributed by atoms with Gasteiger partial charge in [0.05, 0.1) is 0 Å². The third-order valence-corrected chi connectivity index (χ3v) is 5.68. The van der Waals surface area contributed by atoms with Gasteiger partial charge >= 0.3 is 0 Å². The maximum Gasteiger partial charge on any atom is 0.0459 e. The zero-order valence-electron chi connectivity index (χ0n) is 13.1. The first-order valence-electron chi connectivity index (χ1n) is 8.29. The van der Waals surface area contributed by atoms with Crippen molar-refractivity contribution in [1.29, 1.82) is 0 Å². The van der Waals surface area contributed by atoms with E-state index in [9.17, 15) is 0 Å². The molecule has 1 heterocycles. The number of benzene rings is 2. The van der Waals surface area contributed by atoms with Gasteiger partial charge in [-0.3, -0.25) is 0 Å². The van der Waals surface area contributed by atoms with E-state index in [1.54, 1.807) is 0 Å². The second-order valence-electron chi connectivity index (χ2n) is 6.44. The number of fused-ring (bicyclic) bond motifs is 3. The number of nitrogens with two attached hydrogens (primary N) is 1. The Balaban J connectivity index is 1.82. The summed E-state index contributed by atoms with van der Waals surface area (Å²) in [7, 11) is 0. The molecule has 0 aliphatic heterocycles. The van der Waals surface area contributed by atoms with Gasteiger partial charge in [-0.15, -0.1) is 0 Å². The Kier molecular flexibility index (Phi) is 4.00. The predicted molar refractivity (Wildman–Crippen MR) is 100 cm³/mol. The van der Waals surface area contributed by atoms with E-state index >= 15 is 0 Å². The topological polar surface area (TPSA) is 41.8 Å². The first kappa shape index (κ1) is 15.0. The SMILES string of the molecule is N[C@@H]1CCCc2c1[nH]c1ccc([C@H](CBr)c3ccccc3)cc21. The number of H-pyrrole nitrogens is 1. The van der Waals surface area contributed by atoms with Crippen molar-refractivity contribution in [2.75, 3.05) is 5.33 Å². The number of hydrogen-bond donors (Lipinski definition) is 2. The number of rotatable bonds is 3. The van der Waals surface area contributed by atoms with Crippen LogP contribution in [0.2, 0.25) is 0 Å². The molecule has 1 aromatic heterocycles. The Labute approximate surface area is 145 Å². The van der Waals surface area contributed by atoms with Crippen molar-refractivity contribution >= 4 is 26.8 Å². The normalized spacial score (nSPS) is 18.8. The molecule has 0 radical (unpaired) electrons. The van der Waals surface area contributed by atoms with Crippen molar-refractivity contribution in [3.63, 3.8) is 0 Å². The minimum atomic E-state index is 0.163. The van der Waals surface area contributed by atoms with Crippen LogP contribution in [-0.4, -0.2) is 10.3 Å². The second kappa shape index (κ2) is 6.14. The van der Waals surface area contributed by atoms with Gasteiger partial charge in [0.25, 0.3) is 0 Å². The Morgan fingerprint density at radius 1 is 1.13 bits per heavy atom. The maximum atomic E-state index is 6.29. The lowest BCUT2D eigenvalue weighted by Crippen LogP contribution is -2.16. The molecule has 2 atom stereocenters. The quantitative estimate of drug-likeness (QED) is 0.625. The summed E-state index contributed by atoms with van der Waals surface area (Å²) in [4.78, 5) is 3.55. The van der Waals surface area contributed by atoms with Crippen LogP contribution in [0.25, 0.3) is 10.9 Å². The molecule has 0 unspecified atom stereocenters. The van der Waals surface area contributed by atoms with E-state index in [0.717, 1.165) is 18.2 Å². The molecule has 0 bridgehead atoms. The molecule has 0 fully saturated rings. The Morgan fingerprint density at radius 2 is 1.96 bits per heavy atom. The van der Waals surface area contributed by atoms with Crippen molar-refractivity contribution < 1.29 is 0 Å². The van der Waals surface area contributed by atoms with Crippen LogP contribution in [0.1, 0.15) is 47.2 Å². The highest BCUT2D eigenvalue weighted by Crippen LogP contribution is 2.36. The summed E-state index contributed by atoms with van der Waals surface area (Å²) >= 11 is 3.70. The van der Waals surface area contributed by atoms with Crippen LogP contribution in [0.15, 0.2) is 48.5 Å². The highest BCUT2D eigenvalue weighted by atomic mass is 79.9. The summed E-state index contributed by atoms with van der Waals surface area (Å²) in [5, 5.41) is 2.28. The fourth-order valence-electron chi connectivity index (χ4n) is 3.79. The predicted octanol–water partition coefficient (Wildman–Crippen LogP) is 5.03. The van der Waals surface area contributed by atoms with E-state index in [1.807, 2.05) is 0 Å².